The number of carboxylic acids is 1. The summed E-state index contributed by atoms with van der Waals surface area (Å²) >= 11 is 0. The van der Waals surface area contributed by atoms with Gasteiger partial charge in [-0.2, -0.15) is 0 Å². The second-order valence-electron chi connectivity index (χ2n) is 2.19. The maximum Gasteiger partial charge on any atom is 0.364 e. The lowest BCUT2D eigenvalue weighted by Gasteiger charge is -2.04. The molecule has 0 radical (unpaired) electrons. The molecule has 0 saturated carbocycles. The van der Waals surface area contributed by atoms with Crippen molar-refractivity contribution in [1.29, 1.82) is 0 Å². The van der Waals surface area contributed by atoms with Gasteiger partial charge in [-0.3, -0.25) is 0 Å². The molecular weight excluding hydrogens is 94.0 g/mol. The maximum atomic E-state index is 9.96. The van der Waals surface area contributed by atoms with E-state index in [1.807, 2.05) is 0 Å². The summed E-state index contributed by atoms with van der Waals surface area (Å²) in [6.07, 6.45) is 0. The molecule has 0 aliphatic heterocycles. The minimum atomic E-state index is -0.868. The summed E-state index contributed by atoms with van der Waals surface area (Å²) in [5.41, 5.74) is 2.54. The van der Waals surface area contributed by atoms with Gasteiger partial charge in [-0.15, -0.1) is 0 Å². The number of hydrogen-bond acceptors (Lipinski definition) is 1. The van der Waals surface area contributed by atoms with Gasteiger partial charge in [0.2, 0.25) is 0 Å². The highest BCUT2D eigenvalue weighted by atomic mass is 16.4. The average molecular weight is 104 g/mol. The van der Waals surface area contributed by atoms with Gasteiger partial charge in [0.1, 0.15) is 0 Å². The van der Waals surface area contributed by atoms with E-state index in [0.29, 0.717) is 0 Å². The zero-order valence-corrected chi connectivity index (χ0v) is 4.56. The van der Waals surface area contributed by atoms with Crippen LogP contribution in [0.2, 0.25) is 0 Å². The second kappa shape index (κ2) is 1.50. The van der Waals surface area contributed by atoms with Crippen molar-refractivity contribution >= 4 is 5.97 Å². The molecule has 0 bridgehead atoms. The third-order valence-electron chi connectivity index (χ3n) is 0.579. The summed E-state index contributed by atoms with van der Waals surface area (Å²) in [5.74, 6) is -0.868. The largest absolute Gasteiger partial charge is 0.477 e. The highest BCUT2D eigenvalue weighted by Crippen LogP contribution is 1.89. The molecule has 0 aromatic rings. The Kier molecular flexibility index (Phi) is 1.38. The highest BCUT2D eigenvalue weighted by molar-refractivity contribution is 5.75. The van der Waals surface area contributed by atoms with E-state index in [-0.39, 0.29) is 0 Å². The lowest BCUT2D eigenvalue weighted by Crippen LogP contribution is -2.73. The minimum absolute atomic E-state index is 0.833. The Hall–Kier alpha value is -0.570. The first-order chi connectivity index (χ1) is 2.94. The number of carbonyl (C=O) groups is 1. The normalized spacial score (nSPS) is 11.3. The third-order valence-corrected chi connectivity index (χ3v) is 0.579. The fourth-order valence-corrected chi connectivity index (χ4v) is 0. The van der Waals surface area contributed by atoms with E-state index in [0.717, 1.165) is 0 Å². The fraction of sp³-hybridized carbons (Fsp3) is 0.750. The van der Waals surface area contributed by atoms with E-state index >= 15 is 0 Å². The predicted molar refractivity (Wildman–Crippen MR) is 24.6 cm³/mol. The molecule has 0 spiro atoms. The molecule has 4 N–H and O–H groups in total. The van der Waals surface area contributed by atoms with Crippen molar-refractivity contribution in [3.05, 3.63) is 0 Å². The van der Waals surface area contributed by atoms with Crippen LogP contribution in [0.3, 0.4) is 0 Å². The molecule has 3 nitrogen and oxygen atoms in total. The second-order valence-corrected chi connectivity index (χ2v) is 2.19. The Morgan fingerprint density at radius 2 is 1.86 bits per heavy atom. The van der Waals surface area contributed by atoms with Crippen molar-refractivity contribution in [2.45, 2.75) is 19.4 Å². The first-order valence-corrected chi connectivity index (χ1v) is 2.03. The Balaban J connectivity index is 3.79. The van der Waals surface area contributed by atoms with Gasteiger partial charge < -0.3 is 10.8 Å². The van der Waals surface area contributed by atoms with Gasteiger partial charge in [0, 0.05) is 13.8 Å². The van der Waals surface area contributed by atoms with Crippen LogP contribution < -0.4 is 5.73 Å². The van der Waals surface area contributed by atoms with Crippen molar-refractivity contribution < 1.29 is 15.6 Å². The van der Waals surface area contributed by atoms with Gasteiger partial charge in [0.15, 0.2) is 5.54 Å². The molecule has 0 amide bonds. The number of aliphatic carboxylic acids is 1. The van der Waals surface area contributed by atoms with Crippen LogP contribution in [0.15, 0.2) is 0 Å². The molecular formula is C4H10NO2+. The molecule has 42 valence electrons. The third kappa shape index (κ3) is 2.17. The molecule has 0 atom stereocenters. The summed E-state index contributed by atoms with van der Waals surface area (Å²) in [4.78, 5) is 9.96. The molecule has 0 aromatic heterocycles. The molecule has 0 rings (SSSR count). The monoisotopic (exact) mass is 104 g/mol. The van der Waals surface area contributed by atoms with Gasteiger partial charge >= 0.3 is 5.97 Å². The molecule has 0 heterocycles. The lowest BCUT2D eigenvalue weighted by atomic mass is 10.1. The molecule has 0 aliphatic carbocycles. The van der Waals surface area contributed by atoms with Gasteiger partial charge in [0.25, 0.3) is 0 Å². The van der Waals surface area contributed by atoms with E-state index < -0.39 is 11.5 Å². The zero-order chi connectivity index (χ0) is 6.08. The van der Waals surface area contributed by atoms with Crippen molar-refractivity contribution in [3.63, 3.8) is 0 Å². The van der Waals surface area contributed by atoms with E-state index in [1.165, 1.54) is 0 Å². The van der Waals surface area contributed by atoms with Crippen LogP contribution in [0, 0.1) is 0 Å². The number of carboxylic acid groups (broad SMARTS) is 1. The van der Waals surface area contributed by atoms with Crippen LogP contribution in [0.25, 0.3) is 0 Å². The SMILES string of the molecule is CC(C)([NH3+])C(=O)O. The first-order valence-electron chi connectivity index (χ1n) is 2.03. The standard InChI is InChI=1S/C4H9NO2/c1-4(2,5)3(6)7/h5H2,1-2H3,(H,6,7)/p+1. The lowest BCUT2D eigenvalue weighted by molar-refractivity contribution is -0.450. The van der Waals surface area contributed by atoms with Crippen LogP contribution in [0.4, 0.5) is 0 Å². The molecule has 0 aromatic carbocycles. The molecule has 3 heteroatoms. The van der Waals surface area contributed by atoms with Crippen LogP contribution >= 0.6 is 0 Å². The van der Waals surface area contributed by atoms with Gasteiger partial charge in [0.05, 0.1) is 0 Å². The molecule has 7 heavy (non-hydrogen) atoms. The maximum absolute atomic E-state index is 9.96. The highest BCUT2D eigenvalue weighted by Gasteiger charge is 2.24. The van der Waals surface area contributed by atoms with Gasteiger partial charge in [-0.1, -0.05) is 0 Å². The summed E-state index contributed by atoms with van der Waals surface area (Å²) in [5, 5.41) is 8.19. The summed E-state index contributed by atoms with van der Waals surface area (Å²) in [7, 11) is 0. The Labute approximate surface area is 42.1 Å². The van der Waals surface area contributed by atoms with Gasteiger partial charge in [-0.05, 0) is 0 Å². The Bertz CT molecular complexity index is 82.2. The topological polar surface area (TPSA) is 64.9 Å². The first kappa shape index (κ1) is 6.43. The van der Waals surface area contributed by atoms with E-state index in [2.05, 4.69) is 5.73 Å². The molecule has 0 fully saturated rings. The van der Waals surface area contributed by atoms with Crippen LogP contribution in [-0.4, -0.2) is 16.6 Å². The van der Waals surface area contributed by atoms with Crippen LogP contribution in [0.1, 0.15) is 13.8 Å². The van der Waals surface area contributed by atoms with Crippen LogP contribution in [0.5, 0.6) is 0 Å². The average Bonchev–Trinajstić information content (AvgIpc) is 1.31. The molecule has 0 aliphatic rings. The fourth-order valence-electron chi connectivity index (χ4n) is 0. The predicted octanol–water partition coefficient (Wildman–Crippen LogP) is -0.908. The van der Waals surface area contributed by atoms with Crippen molar-refractivity contribution in [2.75, 3.05) is 0 Å². The van der Waals surface area contributed by atoms with Gasteiger partial charge in [-0.25, -0.2) is 4.79 Å². The number of rotatable bonds is 1. The van der Waals surface area contributed by atoms with E-state index in [9.17, 15) is 4.79 Å². The number of quaternary nitrogens is 1. The number of hydrogen-bond donors (Lipinski definition) is 2. The molecule has 0 saturated heterocycles. The smallest absolute Gasteiger partial charge is 0.364 e. The summed E-state index contributed by atoms with van der Waals surface area (Å²) in [6.45, 7) is 3.10. The van der Waals surface area contributed by atoms with Crippen molar-refractivity contribution in [1.82, 2.24) is 0 Å². The summed E-state index contributed by atoms with van der Waals surface area (Å²) < 4.78 is 0. The van der Waals surface area contributed by atoms with E-state index in [4.69, 9.17) is 5.11 Å². The Morgan fingerprint density at radius 1 is 1.71 bits per heavy atom. The minimum Gasteiger partial charge on any atom is -0.477 e. The Morgan fingerprint density at radius 3 is 1.86 bits per heavy atom. The van der Waals surface area contributed by atoms with E-state index in [1.54, 1.807) is 13.8 Å². The van der Waals surface area contributed by atoms with Crippen LogP contribution in [-0.2, 0) is 4.79 Å². The molecule has 0 unspecified atom stereocenters. The van der Waals surface area contributed by atoms with Crippen molar-refractivity contribution in [2.24, 2.45) is 0 Å². The zero-order valence-electron chi connectivity index (χ0n) is 4.56. The quantitative estimate of drug-likeness (QED) is 0.452. The summed E-state index contributed by atoms with van der Waals surface area (Å²) in [6, 6.07) is 0. The van der Waals surface area contributed by atoms with Crippen molar-refractivity contribution in [3.8, 4) is 0 Å².